The van der Waals surface area contributed by atoms with Crippen molar-refractivity contribution in [2.45, 2.75) is 62.8 Å². The maximum Gasteiger partial charge on any atom is 0.413 e. The third-order valence-corrected chi connectivity index (χ3v) is 3.54. The Bertz CT molecular complexity index is 490. The van der Waals surface area contributed by atoms with Crippen molar-refractivity contribution < 1.29 is 43.9 Å². The minimum absolute atomic E-state index is 0.297. The lowest BCUT2D eigenvalue weighted by atomic mass is 9.95. The van der Waals surface area contributed by atoms with Gasteiger partial charge in [-0.05, 0) is 6.42 Å². The first-order valence-corrected chi connectivity index (χ1v) is 6.96. The lowest BCUT2D eigenvalue weighted by molar-refractivity contribution is -0.364. The SMILES string of the molecule is CCCC(O)CC1OC(=O)CC2(O)CC(=O)OC1(O)OC2=O. The molecule has 2 saturated heterocycles. The van der Waals surface area contributed by atoms with E-state index in [-0.39, 0.29) is 6.42 Å². The fraction of sp³-hybridized carbons (Fsp3) is 0.769. The van der Waals surface area contributed by atoms with Crippen LogP contribution in [0.15, 0.2) is 0 Å². The molecule has 3 N–H and O–H groups in total. The molecular weight excluding hydrogens is 300 g/mol. The average Bonchev–Trinajstić information content (AvgIpc) is 2.41. The molecule has 2 heterocycles. The van der Waals surface area contributed by atoms with Crippen LogP contribution in [0.1, 0.15) is 39.0 Å². The first-order valence-electron chi connectivity index (χ1n) is 6.96. The van der Waals surface area contributed by atoms with Crippen LogP contribution in [0.2, 0.25) is 0 Å². The second kappa shape index (κ2) is 5.82. The summed E-state index contributed by atoms with van der Waals surface area (Å²) in [7, 11) is 0. The molecule has 0 aromatic rings. The third kappa shape index (κ3) is 3.21. The number of aliphatic hydroxyl groups is 3. The van der Waals surface area contributed by atoms with Crippen LogP contribution in [0.3, 0.4) is 0 Å². The first kappa shape index (κ1) is 16.7. The van der Waals surface area contributed by atoms with E-state index in [1.165, 1.54) is 0 Å². The Kier molecular flexibility index (Phi) is 4.41. The fourth-order valence-electron chi connectivity index (χ4n) is 2.43. The van der Waals surface area contributed by atoms with Gasteiger partial charge in [0, 0.05) is 6.42 Å². The summed E-state index contributed by atoms with van der Waals surface area (Å²) in [6.07, 6.45) is -3.53. The molecule has 2 fully saturated rings. The van der Waals surface area contributed by atoms with Crippen LogP contribution < -0.4 is 0 Å². The molecule has 0 radical (unpaired) electrons. The Labute approximate surface area is 125 Å². The number of fused-ring (bicyclic) bond motifs is 3. The highest BCUT2D eigenvalue weighted by molar-refractivity contribution is 5.91. The number of ether oxygens (including phenoxy) is 3. The topological polar surface area (TPSA) is 140 Å². The zero-order valence-electron chi connectivity index (χ0n) is 12.0. The summed E-state index contributed by atoms with van der Waals surface area (Å²) in [5.74, 6) is -6.36. The second-order valence-electron chi connectivity index (χ2n) is 5.54. The monoisotopic (exact) mass is 318 g/mol. The molecule has 0 spiro atoms. The first-order chi connectivity index (χ1) is 10.2. The maximum atomic E-state index is 11.9. The van der Waals surface area contributed by atoms with Gasteiger partial charge in [-0.25, -0.2) is 4.79 Å². The summed E-state index contributed by atoms with van der Waals surface area (Å²) < 4.78 is 14.2. The van der Waals surface area contributed by atoms with E-state index in [0.717, 1.165) is 0 Å². The predicted molar refractivity (Wildman–Crippen MR) is 66.7 cm³/mol. The minimum atomic E-state index is -2.87. The van der Waals surface area contributed by atoms with Crippen LogP contribution in [0, 0.1) is 0 Å². The number of aliphatic hydroxyl groups excluding tert-OH is 1. The van der Waals surface area contributed by atoms with Gasteiger partial charge in [0.05, 0.1) is 18.9 Å². The number of cyclic esters (lactones) is 1. The minimum Gasteiger partial charge on any atom is -0.451 e. The molecule has 0 aliphatic carbocycles. The largest absolute Gasteiger partial charge is 0.451 e. The molecule has 124 valence electrons. The molecule has 22 heavy (non-hydrogen) atoms. The van der Waals surface area contributed by atoms with E-state index in [1.807, 2.05) is 6.92 Å². The van der Waals surface area contributed by atoms with Crippen molar-refractivity contribution in [1.29, 1.82) is 0 Å². The van der Waals surface area contributed by atoms with Crippen LogP contribution in [-0.2, 0) is 28.6 Å². The van der Waals surface area contributed by atoms with E-state index < -0.39 is 54.5 Å². The second-order valence-corrected chi connectivity index (χ2v) is 5.54. The van der Waals surface area contributed by atoms with Crippen molar-refractivity contribution in [3.05, 3.63) is 0 Å². The number of rotatable bonds is 4. The molecule has 9 heteroatoms. The fourth-order valence-corrected chi connectivity index (χ4v) is 2.43. The lowest BCUT2D eigenvalue weighted by Crippen LogP contribution is -2.55. The van der Waals surface area contributed by atoms with Crippen LogP contribution in [0.4, 0.5) is 0 Å². The molecule has 9 nitrogen and oxygen atoms in total. The van der Waals surface area contributed by atoms with Gasteiger partial charge in [-0.15, -0.1) is 0 Å². The van der Waals surface area contributed by atoms with Gasteiger partial charge in [0.15, 0.2) is 5.60 Å². The number of hydrogen-bond donors (Lipinski definition) is 3. The highest BCUT2D eigenvalue weighted by Crippen LogP contribution is 2.35. The zero-order chi connectivity index (χ0) is 16.5. The summed E-state index contributed by atoms with van der Waals surface area (Å²) in [4.78, 5) is 35.3. The summed E-state index contributed by atoms with van der Waals surface area (Å²) in [5.41, 5.74) is -2.44. The van der Waals surface area contributed by atoms with Gasteiger partial charge in [-0.2, -0.15) is 0 Å². The summed E-state index contributed by atoms with van der Waals surface area (Å²) >= 11 is 0. The Morgan fingerprint density at radius 2 is 1.82 bits per heavy atom. The summed E-state index contributed by atoms with van der Waals surface area (Å²) in [5, 5.41) is 30.1. The number of esters is 3. The van der Waals surface area contributed by atoms with E-state index in [0.29, 0.717) is 12.8 Å². The van der Waals surface area contributed by atoms with Crippen molar-refractivity contribution in [2.24, 2.45) is 0 Å². The van der Waals surface area contributed by atoms with Gasteiger partial charge >= 0.3 is 23.9 Å². The Hall–Kier alpha value is -1.71. The van der Waals surface area contributed by atoms with Gasteiger partial charge in [0.1, 0.15) is 0 Å². The van der Waals surface area contributed by atoms with Crippen molar-refractivity contribution in [1.82, 2.24) is 0 Å². The molecule has 2 aliphatic rings. The Morgan fingerprint density at radius 3 is 2.45 bits per heavy atom. The van der Waals surface area contributed by atoms with Crippen LogP contribution in [0.5, 0.6) is 0 Å². The zero-order valence-corrected chi connectivity index (χ0v) is 12.0. The molecule has 4 atom stereocenters. The van der Waals surface area contributed by atoms with E-state index in [1.54, 1.807) is 0 Å². The van der Waals surface area contributed by atoms with Crippen molar-refractivity contribution in [3.63, 3.8) is 0 Å². The van der Waals surface area contributed by atoms with Gasteiger partial charge in [0.25, 0.3) is 0 Å². The van der Waals surface area contributed by atoms with Crippen molar-refractivity contribution in [2.75, 3.05) is 0 Å². The van der Waals surface area contributed by atoms with Crippen molar-refractivity contribution in [3.8, 4) is 0 Å². The molecule has 0 aromatic carbocycles. The highest BCUT2D eigenvalue weighted by Gasteiger charge is 2.59. The molecule has 2 aliphatic heterocycles. The summed E-state index contributed by atoms with van der Waals surface area (Å²) in [6, 6.07) is 0. The van der Waals surface area contributed by atoms with Gasteiger partial charge in [-0.3, -0.25) is 9.59 Å². The molecule has 4 unspecified atom stereocenters. The van der Waals surface area contributed by atoms with Crippen LogP contribution >= 0.6 is 0 Å². The van der Waals surface area contributed by atoms with Gasteiger partial charge < -0.3 is 29.5 Å². The van der Waals surface area contributed by atoms with E-state index in [2.05, 4.69) is 9.47 Å². The van der Waals surface area contributed by atoms with Crippen LogP contribution in [0.25, 0.3) is 0 Å². The quantitative estimate of drug-likeness (QED) is 0.541. The third-order valence-electron chi connectivity index (χ3n) is 3.54. The summed E-state index contributed by atoms with van der Waals surface area (Å²) in [6.45, 7) is 1.81. The van der Waals surface area contributed by atoms with Gasteiger partial charge in [-0.1, -0.05) is 13.3 Å². The molecule has 2 rings (SSSR count). The average molecular weight is 318 g/mol. The molecule has 0 aromatic heterocycles. The number of carbonyl (C=O) groups is 3. The molecule has 0 saturated carbocycles. The van der Waals surface area contributed by atoms with E-state index in [4.69, 9.17) is 4.74 Å². The van der Waals surface area contributed by atoms with E-state index >= 15 is 0 Å². The standard InChI is InChI=1S/C13H18O9/c1-2-3-7(14)4-8-13(19)21-10(16)6-12(18,11(17)22-13)5-9(15)20-8/h7-8,14,18-19H,2-6H2,1H3. The maximum absolute atomic E-state index is 11.9. The molecular formula is C13H18O9. The molecule has 2 bridgehead atoms. The van der Waals surface area contributed by atoms with Gasteiger partial charge in [0.2, 0.25) is 6.10 Å². The normalized spacial score (nSPS) is 36.5. The number of hydrogen-bond acceptors (Lipinski definition) is 9. The Balaban J connectivity index is 2.33. The van der Waals surface area contributed by atoms with Crippen LogP contribution in [-0.4, -0.2) is 57.0 Å². The lowest BCUT2D eigenvalue weighted by Gasteiger charge is -2.35. The van der Waals surface area contributed by atoms with Crippen molar-refractivity contribution >= 4 is 17.9 Å². The highest BCUT2D eigenvalue weighted by atomic mass is 16.9. The Morgan fingerprint density at radius 1 is 1.18 bits per heavy atom. The predicted octanol–water partition coefficient (Wildman–Crippen LogP) is -1.28. The van der Waals surface area contributed by atoms with E-state index in [9.17, 15) is 29.7 Å². The smallest absolute Gasteiger partial charge is 0.413 e. The molecule has 0 amide bonds. The number of carbonyl (C=O) groups excluding carboxylic acids is 3.